The molecule has 3 N–H and O–H groups in total. The summed E-state index contributed by atoms with van der Waals surface area (Å²) in [7, 11) is 0. The van der Waals surface area contributed by atoms with Gasteiger partial charge in [-0.15, -0.1) is 0 Å². The summed E-state index contributed by atoms with van der Waals surface area (Å²) < 4.78 is 20.0. The van der Waals surface area contributed by atoms with Crippen LogP contribution >= 0.6 is 0 Å². The number of benzene rings is 1. The third kappa shape index (κ3) is 3.76. The van der Waals surface area contributed by atoms with Gasteiger partial charge in [-0.3, -0.25) is 4.79 Å². The molecule has 7 saturated carbocycles. The lowest BCUT2D eigenvalue weighted by Gasteiger charge is -2.66. The molecule has 2 aromatic rings. The van der Waals surface area contributed by atoms with E-state index in [1.165, 1.54) is 0 Å². The molecular formula is C28H34FN5O3. The molecule has 0 radical (unpaired) electrons. The highest BCUT2D eigenvalue weighted by molar-refractivity contribution is 6.00. The van der Waals surface area contributed by atoms with Crippen LogP contribution in [0.15, 0.2) is 33.9 Å². The van der Waals surface area contributed by atoms with Gasteiger partial charge in [0.25, 0.3) is 0 Å². The van der Waals surface area contributed by atoms with E-state index < -0.39 is 5.67 Å². The lowest BCUT2D eigenvalue weighted by atomic mass is 9.41. The average molecular weight is 508 g/mol. The topological polar surface area (TPSA) is 118 Å². The number of nitrogens with two attached hydrogens (primary N) is 1. The van der Waals surface area contributed by atoms with E-state index in [2.05, 4.69) is 10.3 Å². The van der Waals surface area contributed by atoms with Crippen molar-refractivity contribution in [2.75, 3.05) is 11.4 Å². The van der Waals surface area contributed by atoms with Crippen LogP contribution in [-0.2, 0) is 10.2 Å². The van der Waals surface area contributed by atoms with Crippen LogP contribution in [0.25, 0.3) is 0 Å². The summed E-state index contributed by atoms with van der Waals surface area (Å²) in [6.45, 7) is 0.621. The number of oxime groups is 1. The van der Waals surface area contributed by atoms with Crippen LogP contribution in [0, 0.1) is 10.8 Å². The fraction of sp³-hybridized carbons (Fsp3) is 0.643. The quantitative estimate of drug-likeness (QED) is 0.226. The number of anilines is 1. The van der Waals surface area contributed by atoms with Crippen molar-refractivity contribution in [3.63, 3.8) is 0 Å². The van der Waals surface area contributed by atoms with Crippen molar-refractivity contribution in [3.05, 3.63) is 41.5 Å². The molecule has 0 atom stereocenters. The summed E-state index contributed by atoms with van der Waals surface area (Å²) in [4.78, 5) is 20.5. The number of rotatable bonds is 8. The molecule has 8 nitrogen and oxygen atoms in total. The minimum absolute atomic E-state index is 0.0106. The molecular weight excluding hydrogens is 473 g/mol. The first-order valence-electron chi connectivity index (χ1n) is 13.7. The largest absolute Gasteiger partial charge is 0.409 e. The van der Waals surface area contributed by atoms with Crippen molar-refractivity contribution >= 4 is 17.4 Å². The molecule has 0 spiro atoms. The normalized spacial score (nSPS) is 36.1. The van der Waals surface area contributed by atoms with E-state index in [0.29, 0.717) is 43.7 Å². The van der Waals surface area contributed by atoms with E-state index in [4.69, 9.17) is 15.2 Å². The average Bonchev–Trinajstić information content (AvgIpc) is 3.62. The Morgan fingerprint density at radius 1 is 1.14 bits per heavy atom. The Balaban J connectivity index is 1.12. The van der Waals surface area contributed by atoms with Gasteiger partial charge in [-0.1, -0.05) is 22.4 Å². The van der Waals surface area contributed by atoms with Gasteiger partial charge in [-0.25, -0.2) is 4.39 Å². The second kappa shape index (κ2) is 7.77. The van der Waals surface area contributed by atoms with Gasteiger partial charge < -0.3 is 20.4 Å². The second-order valence-electron chi connectivity index (χ2n) is 12.9. The minimum Gasteiger partial charge on any atom is -0.409 e. The van der Waals surface area contributed by atoms with Crippen LogP contribution in [0.5, 0.6) is 0 Å². The highest BCUT2D eigenvalue weighted by Crippen LogP contribution is 2.71. The Morgan fingerprint density at radius 2 is 1.84 bits per heavy atom. The number of nitrogens with zero attached hydrogens (tertiary/aromatic N) is 4. The van der Waals surface area contributed by atoms with Gasteiger partial charge in [0.1, 0.15) is 5.67 Å². The molecule has 1 amide bonds. The smallest absolute Gasteiger partial charge is 0.232 e. The lowest BCUT2D eigenvalue weighted by Crippen LogP contribution is -2.65. The summed E-state index contributed by atoms with van der Waals surface area (Å²) in [5, 5.41) is 16.6. The van der Waals surface area contributed by atoms with Crippen molar-refractivity contribution < 1.29 is 18.9 Å². The van der Waals surface area contributed by atoms with E-state index in [-0.39, 0.29) is 28.0 Å². The van der Waals surface area contributed by atoms with Gasteiger partial charge in [0.15, 0.2) is 11.7 Å². The zero-order valence-electron chi connectivity index (χ0n) is 21.1. The van der Waals surface area contributed by atoms with Crippen LogP contribution < -0.4 is 10.6 Å². The van der Waals surface area contributed by atoms with Gasteiger partial charge in [-0.05, 0) is 93.6 Å². The SMILES string of the molecule is N/C(=N\O)c1cccc(N(CC23CCC(c4nc(C5CC5)no4)(CC2)CC3)C(=O)CC23CC(F)(C2)C3)c1. The predicted octanol–water partition coefficient (Wildman–Crippen LogP) is 4.95. The lowest BCUT2D eigenvalue weighted by molar-refractivity contribution is -0.215. The zero-order chi connectivity index (χ0) is 25.5. The molecule has 0 unspecified atom stereocenters. The van der Waals surface area contributed by atoms with E-state index in [9.17, 15) is 14.4 Å². The molecule has 7 aliphatic rings. The van der Waals surface area contributed by atoms with E-state index in [1.807, 2.05) is 23.1 Å². The monoisotopic (exact) mass is 507 g/mol. The Kier molecular flexibility index (Phi) is 4.87. The predicted molar refractivity (Wildman–Crippen MR) is 134 cm³/mol. The molecule has 7 aliphatic carbocycles. The maximum Gasteiger partial charge on any atom is 0.232 e. The standard InChI is InChI=1S/C28H34FN5O3/c29-28-14-26(15-28,16-28)13-21(35)34(20-3-1-2-19(12-20)22(30)32-36)17-25-6-9-27(10-7-25,11-8-25)24-31-23(33-37-24)18-4-5-18/h1-3,12,18,36H,4-11,13-17H2,(H2,30,32). The van der Waals surface area contributed by atoms with E-state index in [1.54, 1.807) is 6.07 Å². The summed E-state index contributed by atoms with van der Waals surface area (Å²) >= 11 is 0. The molecule has 37 heavy (non-hydrogen) atoms. The maximum atomic E-state index is 14.2. The van der Waals surface area contributed by atoms with Crippen molar-refractivity contribution in [2.24, 2.45) is 21.7 Å². The van der Waals surface area contributed by atoms with Gasteiger partial charge in [0.05, 0.1) is 0 Å². The Hall–Kier alpha value is -2.97. The first kappa shape index (κ1) is 23.2. The van der Waals surface area contributed by atoms with Crippen LogP contribution in [0.4, 0.5) is 10.1 Å². The van der Waals surface area contributed by atoms with Crippen molar-refractivity contribution in [2.45, 2.75) is 94.1 Å². The van der Waals surface area contributed by atoms with Crippen molar-refractivity contribution in [1.29, 1.82) is 0 Å². The molecule has 0 aliphatic heterocycles. The maximum absolute atomic E-state index is 14.2. The molecule has 9 heteroatoms. The van der Waals surface area contributed by atoms with Crippen LogP contribution in [-0.4, -0.2) is 39.3 Å². The van der Waals surface area contributed by atoms with Gasteiger partial charge in [0.2, 0.25) is 11.8 Å². The molecule has 4 bridgehead atoms. The number of carbonyl (C=O) groups excluding carboxylic acids is 1. The third-order valence-electron chi connectivity index (χ3n) is 10.2. The molecule has 1 aromatic heterocycles. The molecule has 1 heterocycles. The molecule has 0 saturated heterocycles. The second-order valence-corrected chi connectivity index (χ2v) is 12.9. The van der Waals surface area contributed by atoms with Crippen LogP contribution in [0.2, 0.25) is 0 Å². The number of hydrogen-bond acceptors (Lipinski definition) is 6. The number of alkyl halides is 1. The fourth-order valence-corrected chi connectivity index (χ4v) is 7.79. The van der Waals surface area contributed by atoms with Gasteiger partial charge in [-0.2, -0.15) is 4.98 Å². The van der Waals surface area contributed by atoms with E-state index >= 15 is 0 Å². The first-order valence-corrected chi connectivity index (χ1v) is 13.7. The number of hydrogen-bond donors (Lipinski definition) is 2. The Labute approximate surface area is 215 Å². The molecule has 196 valence electrons. The summed E-state index contributed by atoms with van der Waals surface area (Å²) in [5.74, 6) is 2.22. The highest BCUT2D eigenvalue weighted by atomic mass is 19.1. The third-order valence-corrected chi connectivity index (χ3v) is 10.2. The van der Waals surface area contributed by atoms with Gasteiger partial charge >= 0.3 is 0 Å². The van der Waals surface area contributed by atoms with Crippen LogP contribution in [0.3, 0.4) is 0 Å². The molecule has 7 fully saturated rings. The molecule has 1 aromatic carbocycles. The number of carbonyl (C=O) groups is 1. The molecule has 9 rings (SSSR count). The number of amidine groups is 1. The Bertz CT molecular complexity index is 1240. The number of amides is 1. The first-order chi connectivity index (χ1) is 17.7. The number of fused-ring (bicyclic) bond motifs is 3. The fourth-order valence-electron chi connectivity index (χ4n) is 7.79. The number of aromatic nitrogens is 2. The van der Waals surface area contributed by atoms with Crippen molar-refractivity contribution in [1.82, 2.24) is 10.1 Å². The Morgan fingerprint density at radius 3 is 2.46 bits per heavy atom. The summed E-state index contributed by atoms with van der Waals surface area (Å²) in [5.41, 5.74) is 5.96. The summed E-state index contributed by atoms with van der Waals surface area (Å²) in [6.07, 6.45) is 10.1. The van der Waals surface area contributed by atoms with Crippen molar-refractivity contribution in [3.8, 4) is 0 Å². The highest BCUT2D eigenvalue weighted by Gasteiger charge is 2.69. The van der Waals surface area contributed by atoms with Crippen LogP contribution in [0.1, 0.15) is 100 Å². The summed E-state index contributed by atoms with van der Waals surface area (Å²) in [6, 6.07) is 7.33. The van der Waals surface area contributed by atoms with Gasteiger partial charge in [0, 0.05) is 35.5 Å². The number of halogens is 1. The minimum atomic E-state index is -1.03. The zero-order valence-corrected chi connectivity index (χ0v) is 21.1. The van der Waals surface area contributed by atoms with E-state index in [0.717, 1.165) is 68.8 Å².